The fourth-order valence-corrected chi connectivity index (χ4v) is 6.01. The fraction of sp³-hybridized carbons (Fsp3) is 0.364. The van der Waals surface area contributed by atoms with E-state index in [0.717, 1.165) is 82.6 Å². The smallest absolute Gasteiger partial charge is 0.335 e. The SMILES string of the molecule is CCCCc1nc2ccc(N(C)C(=O)NNC3CCCCC3)cc2n1-c1ccc(-c2ccccc2-c2nnn[nH]2)c(C)c1.O. The van der Waals surface area contributed by atoms with Crippen LogP contribution in [0, 0.1) is 6.92 Å². The molecular formula is C33H41N9O2. The number of hydrazine groups is 1. The van der Waals surface area contributed by atoms with Crippen molar-refractivity contribution >= 4 is 22.8 Å². The second-order valence-electron chi connectivity index (χ2n) is 11.4. The number of anilines is 1. The van der Waals surface area contributed by atoms with Crippen LogP contribution in [0.25, 0.3) is 39.2 Å². The minimum absolute atomic E-state index is 0. The number of carbonyl (C=O) groups excluding carboxylic acids is 1. The molecule has 5 aromatic rings. The summed E-state index contributed by atoms with van der Waals surface area (Å²) in [5.74, 6) is 1.65. The number of aryl methyl sites for hydroxylation is 2. The lowest BCUT2D eigenvalue weighted by molar-refractivity contribution is 0.237. The lowest BCUT2D eigenvalue weighted by Gasteiger charge is -2.25. The number of hydrogen-bond acceptors (Lipinski definition) is 6. The van der Waals surface area contributed by atoms with Crippen molar-refractivity contribution in [3.05, 3.63) is 72.1 Å². The summed E-state index contributed by atoms with van der Waals surface area (Å²) in [5.41, 5.74) is 14.1. The highest BCUT2D eigenvalue weighted by atomic mass is 16.2. The zero-order valence-electron chi connectivity index (χ0n) is 25.6. The topological polar surface area (TPSA) is 148 Å². The van der Waals surface area contributed by atoms with Crippen LogP contribution in [0.2, 0.25) is 0 Å². The summed E-state index contributed by atoms with van der Waals surface area (Å²) in [4.78, 5) is 19.8. The van der Waals surface area contributed by atoms with Gasteiger partial charge in [0.15, 0.2) is 5.82 Å². The van der Waals surface area contributed by atoms with E-state index in [2.05, 4.69) is 80.2 Å². The molecule has 0 unspecified atom stereocenters. The van der Waals surface area contributed by atoms with Crippen LogP contribution in [0.15, 0.2) is 60.7 Å². The maximum Gasteiger partial charge on any atom is 0.335 e. The highest BCUT2D eigenvalue weighted by Gasteiger charge is 2.19. The van der Waals surface area contributed by atoms with Crippen LogP contribution in [-0.4, -0.2) is 54.8 Å². The molecule has 0 spiro atoms. The van der Waals surface area contributed by atoms with E-state index in [4.69, 9.17) is 4.98 Å². The maximum atomic E-state index is 13.1. The number of carbonyl (C=O) groups is 1. The zero-order chi connectivity index (χ0) is 29.8. The molecule has 3 aromatic carbocycles. The van der Waals surface area contributed by atoms with E-state index in [0.29, 0.717) is 11.9 Å². The van der Waals surface area contributed by atoms with Crippen LogP contribution in [0.5, 0.6) is 0 Å². The monoisotopic (exact) mass is 595 g/mol. The van der Waals surface area contributed by atoms with Gasteiger partial charge in [0.1, 0.15) is 5.82 Å². The molecule has 1 aliphatic rings. The van der Waals surface area contributed by atoms with Crippen molar-refractivity contribution in [1.82, 2.24) is 41.0 Å². The Morgan fingerprint density at radius 1 is 1.02 bits per heavy atom. The molecule has 11 nitrogen and oxygen atoms in total. The van der Waals surface area contributed by atoms with Gasteiger partial charge in [-0.25, -0.2) is 20.3 Å². The number of aromatic amines is 1. The molecular weight excluding hydrogens is 554 g/mol. The Labute approximate surface area is 257 Å². The van der Waals surface area contributed by atoms with Gasteiger partial charge >= 0.3 is 6.03 Å². The second-order valence-corrected chi connectivity index (χ2v) is 11.4. The van der Waals surface area contributed by atoms with Gasteiger partial charge in [-0.15, -0.1) is 5.10 Å². The molecule has 1 saturated carbocycles. The molecule has 11 heteroatoms. The van der Waals surface area contributed by atoms with Gasteiger partial charge in [-0.1, -0.05) is 62.9 Å². The van der Waals surface area contributed by atoms with Gasteiger partial charge in [0, 0.05) is 36.4 Å². The first-order valence-corrected chi connectivity index (χ1v) is 15.3. The number of benzene rings is 3. The number of fused-ring (bicyclic) bond motifs is 1. The fourth-order valence-electron chi connectivity index (χ4n) is 6.01. The summed E-state index contributed by atoms with van der Waals surface area (Å²) in [6, 6.07) is 20.8. The van der Waals surface area contributed by atoms with E-state index in [-0.39, 0.29) is 11.5 Å². The molecule has 2 aromatic heterocycles. The van der Waals surface area contributed by atoms with Crippen LogP contribution >= 0.6 is 0 Å². The molecule has 2 amide bonds. The third-order valence-electron chi connectivity index (χ3n) is 8.43. The summed E-state index contributed by atoms with van der Waals surface area (Å²) >= 11 is 0. The summed E-state index contributed by atoms with van der Waals surface area (Å²) < 4.78 is 2.24. The van der Waals surface area contributed by atoms with Crippen LogP contribution in [0.4, 0.5) is 10.5 Å². The Bertz CT molecular complexity index is 1710. The Kier molecular flexibility index (Phi) is 9.66. The van der Waals surface area contributed by atoms with Gasteiger partial charge in [0.2, 0.25) is 0 Å². The summed E-state index contributed by atoms with van der Waals surface area (Å²) in [6.45, 7) is 4.32. The van der Waals surface area contributed by atoms with E-state index >= 15 is 0 Å². The zero-order valence-corrected chi connectivity index (χ0v) is 25.6. The van der Waals surface area contributed by atoms with Gasteiger partial charge in [-0.2, -0.15) is 0 Å². The van der Waals surface area contributed by atoms with Crippen molar-refractivity contribution in [3.8, 4) is 28.2 Å². The standard InChI is InChI=1S/C33H39N9O.H2O/c1-4-5-15-31-34-29-19-17-24(41(3)33(43)38-35-23-11-7-6-8-12-23)21-30(29)42(31)25-16-18-26(22(2)20-25)27-13-9-10-14-28(27)32-36-39-40-37-32;/h9-10,13-14,16-21,23,35H,4-8,11-12,15H2,1-3H3,(H,38,43)(H,36,37,39,40);1H2. The molecule has 1 aliphatic carbocycles. The van der Waals surface area contributed by atoms with Gasteiger partial charge in [-0.05, 0) is 83.6 Å². The number of rotatable bonds is 9. The van der Waals surface area contributed by atoms with E-state index in [1.165, 1.54) is 19.3 Å². The molecule has 0 atom stereocenters. The predicted octanol–water partition coefficient (Wildman–Crippen LogP) is 5.68. The summed E-state index contributed by atoms with van der Waals surface area (Å²) in [5, 5.41) is 14.6. The molecule has 2 heterocycles. The maximum absolute atomic E-state index is 13.1. The quantitative estimate of drug-likeness (QED) is 0.187. The summed E-state index contributed by atoms with van der Waals surface area (Å²) in [6.07, 6.45) is 8.86. The Hall–Kier alpha value is -4.61. The lowest BCUT2D eigenvalue weighted by atomic mass is 9.95. The van der Waals surface area contributed by atoms with Crippen LogP contribution < -0.4 is 15.8 Å². The Morgan fingerprint density at radius 2 is 1.82 bits per heavy atom. The Balaban J connectivity index is 0.00000384. The number of nitrogens with one attached hydrogen (secondary N) is 3. The number of hydrogen-bond donors (Lipinski definition) is 3. The number of nitrogens with zero attached hydrogens (tertiary/aromatic N) is 6. The number of aromatic nitrogens is 6. The van der Waals surface area contributed by atoms with Crippen molar-refractivity contribution in [2.24, 2.45) is 0 Å². The van der Waals surface area contributed by atoms with Crippen molar-refractivity contribution in [3.63, 3.8) is 0 Å². The predicted molar refractivity (Wildman–Crippen MR) is 174 cm³/mol. The van der Waals surface area contributed by atoms with E-state index in [1.807, 2.05) is 30.3 Å². The molecule has 0 aliphatic heterocycles. The van der Waals surface area contributed by atoms with Crippen molar-refractivity contribution in [1.29, 1.82) is 0 Å². The minimum Gasteiger partial charge on any atom is -0.412 e. The first-order valence-electron chi connectivity index (χ1n) is 15.3. The van der Waals surface area contributed by atoms with Gasteiger partial charge < -0.3 is 5.48 Å². The number of amides is 2. The van der Waals surface area contributed by atoms with Crippen molar-refractivity contribution in [2.45, 2.75) is 71.3 Å². The Morgan fingerprint density at radius 3 is 2.55 bits per heavy atom. The third-order valence-corrected chi connectivity index (χ3v) is 8.43. The highest BCUT2D eigenvalue weighted by molar-refractivity contribution is 5.94. The van der Waals surface area contributed by atoms with Gasteiger partial charge in [0.05, 0.1) is 11.0 Å². The molecule has 6 rings (SSSR count). The average Bonchev–Trinajstić information content (AvgIpc) is 3.71. The molecule has 5 N–H and O–H groups in total. The van der Waals surface area contributed by atoms with E-state index in [1.54, 1.807) is 11.9 Å². The lowest BCUT2D eigenvalue weighted by Crippen LogP contribution is -2.49. The van der Waals surface area contributed by atoms with Crippen LogP contribution in [-0.2, 0) is 6.42 Å². The highest BCUT2D eigenvalue weighted by Crippen LogP contribution is 2.34. The van der Waals surface area contributed by atoms with Crippen LogP contribution in [0.3, 0.4) is 0 Å². The van der Waals surface area contributed by atoms with E-state index in [9.17, 15) is 4.79 Å². The molecule has 0 bridgehead atoms. The third kappa shape index (κ3) is 6.34. The number of unbranched alkanes of at least 4 members (excludes halogenated alkanes) is 1. The minimum atomic E-state index is -0.178. The largest absolute Gasteiger partial charge is 0.412 e. The second kappa shape index (κ2) is 13.8. The van der Waals surface area contributed by atoms with Crippen LogP contribution in [0.1, 0.15) is 63.3 Å². The average molecular weight is 596 g/mol. The van der Waals surface area contributed by atoms with Crippen molar-refractivity contribution in [2.75, 3.05) is 11.9 Å². The molecule has 0 radical (unpaired) electrons. The molecule has 0 saturated heterocycles. The first-order chi connectivity index (χ1) is 21.0. The number of imidazole rings is 1. The molecule has 230 valence electrons. The van der Waals surface area contributed by atoms with Gasteiger partial charge in [0.25, 0.3) is 0 Å². The van der Waals surface area contributed by atoms with Crippen molar-refractivity contribution < 1.29 is 10.3 Å². The summed E-state index contributed by atoms with van der Waals surface area (Å²) in [7, 11) is 1.80. The number of tetrazole rings is 1. The molecule has 1 fully saturated rings. The normalized spacial score (nSPS) is 13.5. The van der Waals surface area contributed by atoms with E-state index < -0.39 is 0 Å². The van der Waals surface area contributed by atoms with Gasteiger partial charge in [-0.3, -0.25) is 14.9 Å². The first kappa shape index (κ1) is 30.8. The molecule has 44 heavy (non-hydrogen) atoms. The number of H-pyrrole nitrogens is 1. The number of urea groups is 1.